The van der Waals surface area contributed by atoms with E-state index in [9.17, 15) is 18.0 Å². The molecular formula is C11H10F3NO2. The molecule has 0 aliphatic rings. The van der Waals surface area contributed by atoms with Crippen molar-refractivity contribution in [3.63, 3.8) is 0 Å². The molecule has 0 saturated heterocycles. The number of halogens is 3. The van der Waals surface area contributed by atoms with Crippen molar-refractivity contribution < 1.29 is 22.7 Å². The zero-order valence-electron chi connectivity index (χ0n) is 8.91. The highest BCUT2D eigenvalue weighted by atomic mass is 19.3. The minimum Gasteiger partial charge on any atom is -0.432 e. The summed E-state index contributed by atoms with van der Waals surface area (Å²) in [6, 6.07) is 3.19. The molecule has 1 amide bonds. The summed E-state index contributed by atoms with van der Waals surface area (Å²) < 4.78 is 40.8. The van der Waals surface area contributed by atoms with Gasteiger partial charge in [0.15, 0.2) is 11.6 Å². The van der Waals surface area contributed by atoms with Crippen LogP contribution in [-0.4, -0.2) is 12.5 Å². The third-order valence-corrected chi connectivity index (χ3v) is 1.73. The van der Waals surface area contributed by atoms with Gasteiger partial charge in [-0.15, -0.1) is 0 Å². The van der Waals surface area contributed by atoms with Crippen LogP contribution >= 0.6 is 0 Å². The van der Waals surface area contributed by atoms with Crippen LogP contribution in [0.1, 0.15) is 6.92 Å². The maximum Gasteiger partial charge on any atom is 0.387 e. The predicted molar refractivity (Wildman–Crippen MR) is 56.5 cm³/mol. The average Bonchev–Trinajstić information content (AvgIpc) is 2.22. The lowest BCUT2D eigenvalue weighted by atomic mass is 10.3. The first-order valence-corrected chi connectivity index (χ1v) is 4.71. The molecule has 0 aromatic heterocycles. The fourth-order valence-electron chi connectivity index (χ4n) is 1.11. The van der Waals surface area contributed by atoms with Gasteiger partial charge in [-0.3, -0.25) is 4.79 Å². The van der Waals surface area contributed by atoms with Crippen LogP contribution in [-0.2, 0) is 4.79 Å². The van der Waals surface area contributed by atoms with Gasteiger partial charge in [-0.25, -0.2) is 4.39 Å². The maximum atomic E-state index is 13.2. The highest BCUT2D eigenvalue weighted by Gasteiger charge is 2.10. The number of carbonyl (C=O) groups excluding carboxylic acids is 1. The summed E-state index contributed by atoms with van der Waals surface area (Å²) in [5.74, 6) is -1.97. The van der Waals surface area contributed by atoms with Crippen molar-refractivity contribution in [3.8, 4) is 5.75 Å². The van der Waals surface area contributed by atoms with Crippen LogP contribution in [0.5, 0.6) is 5.75 Å². The van der Waals surface area contributed by atoms with Crippen LogP contribution in [0.4, 0.5) is 18.9 Å². The molecule has 0 unspecified atom stereocenters. The number of alkyl halides is 2. The molecule has 1 aromatic carbocycles. The molecule has 0 spiro atoms. The predicted octanol–water partition coefficient (Wildman–Crippen LogP) is 2.94. The quantitative estimate of drug-likeness (QED) is 0.828. The topological polar surface area (TPSA) is 38.3 Å². The molecule has 6 heteroatoms. The van der Waals surface area contributed by atoms with Gasteiger partial charge in [0.1, 0.15) is 0 Å². The highest BCUT2D eigenvalue weighted by Crippen LogP contribution is 2.22. The van der Waals surface area contributed by atoms with Gasteiger partial charge in [-0.2, -0.15) is 8.78 Å². The molecule has 92 valence electrons. The van der Waals surface area contributed by atoms with Crippen LogP contribution < -0.4 is 10.1 Å². The Morgan fingerprint density at radius 1 is 1.47 bits per heavy atom. The average molecular weight is 245 g/mol. The molecule has 0 atom stereocenters. The number of amides is 1. The van der Waals surface area contributed by atoms with Gasteiger partial charge in [0.05, 0.1) is 0 Å². The number of rotatable bonds is 4. The summed E-state index contributed by atoms with van der Waals surface area (Å²) in [5.41, 5.74) is 0.159. The highest BCUT2D eigenvalue weighted by molar-refractivity contribution is 5.99. The molecule has 17 heavy (non-hydrogen) atoms. The lowest BCUT2D eigenvalue weighted by Crippen LogP contribution is -2.09. The number of allylic oxidation sites excluding steroid dienone is 1. The van der Waals surface area contributed by atoms with E-state index in [1.54, 1.807) is 6.92 Å². The van der Waals surface area contributed by atoms with Crippen molar-refractivity contribution in [2.75, 3.05) is 5.32 Å². The van der Waals surface area contributed by atoms with E-state index in [0.717, 1.165) is 12.1 Å². The Kier molecular flexibility index (Phi) is 4.56. The zero-order valence-corrected chi connectivity index (χ0v) is 8.91. The standard InChI is InChI=1S/C11H10F3NO2/c1-2-3-10(16)15-7-4-5-9(8(12)6-7)17-11(13)14/h2-6,11H,1H3,(H,15,16). The Hall–Kier alpha value is -1.98. The minimum atomic E-state index is -3.09. The van der Waals surface area contributed by atoms with Crippen LogP contribution in [0.2, 0.25) is 0 Å². The number of hydrogen-bond donors (Lipinski definition) is 1. The Labute approximate surface area is 95.9 Å². The van der Waals surface area contributed by atoms with Gasteiger partial charge in [0.2, 0.25) is 5.91 Å². The second kappa shape index (κ2) is 5.93. The van der Waals surface area contributed by atoms with Gasteiger partial charge in [-0.1, -0.05) is 6.08 Å². The summed E-state index contributed by atoms with van der Waals surface area (Å²) in [7, 11) is 0. The van der Waals surface area contributed by atoms with E-state index in [-0.39, 0.29) is 5.69 Å². The van der Waals surface area contributed by atoms with Crippen molar-refractivity contribution in [3.05, 3.63) is 36.2 Å². The van der Waals surface area contributed by atoms with Crippen molar-refractivity contribution in [1.82, 2.24) is 0 Å². The van der Waals surface area contributed by atoms with Gasteiger partial charge < -0.3 is 10.1 Å². The van der Waals surface area contributed by atoms with Crippen molar-refractivity contribution in [1.29, 1.82) is 0 Å². The fraction of sp³-hybridized carbons (Fsp3) is 0.182. The monoisotopic (exact) mass is 245 g/mol. The molecule has 0 fully saturated rings. The Morgan fingerprint density at radius 2 is 2.18 bits per heavy atom. The largest absolute Gasteiger partial charge is 0.432 e. The van der Waals surface area contributed by atoms with E-state index in [1.807, 2.05) is 0 Å². The van der Waals surface area contributed by atoms with Gasteiger partial charge in [-0.05, 0) is 25.1 Å². The molecule has 0 saturated carbocycles. The number of ether oxygens (including phenoxy) is 1. The molecule has 0 heterocycles. The summed E-state index contributed by atoms with van der Waals surface area (Å²) in [5, 5.41) is 2.36. The number of hydrogen-bond acceptors (Lipinski definition) is 2. The molecule has 1 aromatic rings. The van der Waals surface area contributed by atoms with E-state index in [1.165, 1.54) is 18.2 Å². The van der Waals surface area contributed by atoms with E-state index in [0.29, 0.717) is 0 Å². The number of anilines is 1. The normalized spacial score (nSPS) is 10.9. The van der Waals surface area contributed by atoms with Crippen LogP contribution in [0.3, 0.4) is 0 Å². The van der Waals surface area contributed by atoms with Crippen LogP contribution in [0.15, 0.2) is 30.4 Å². The fourth-order valence-corrected chi connectivity index (χ4v) is 1.11. The van der Waals surface area contributed by atoms with Crippen molar-refractivity contribution in [2.24, 2.45) is 0 Å². The van der Waals surface area contributed by atoms with Gasteiger partial charge in [0.25, 0.3) is 0 Å². The van der Waals surface area contributed by atoms with E-state index >= 15 is 0 Å². The molecule has 0 aliphatic carbocycles. The minimum absolute atomic E-state index is 0.159. The maximum absolute atomic E-state index is 13.2. The van der Waals surface area contributed by atoms with E-state index < -0.39 is 24.1 Å². The summed E-state index contributed by atoms with van der Waals surface area (Å²) >= 11 is 0. The van der Waals surface area contributed by atoms with Crippen LogP contribution in [0, 0.1) is 5.82 Å². The molecule has 1 N–H and O–H groups in total. The first-order valence-electron chi connectivity index (χ1n) is 4.71. The molecule has 0 aliphatic heterocycles. The molecule has 3 nitrogen and oxygen atoms in total. The summed E-state index contributed by atoms with van der Waals surface area (Å²) in [6.07, 6.45) is 2.77. The Morgan fingerprint density at radius 3 is 2.71 bits per heavy atom. The number of nitrogens with one attached hydrogen (secondary N) is 1. The van der Waals surface area contributed by atoms with Gasteiger partial charge in [0, 0.05) is 11.8 Å². The van der Waals surface area contributed by atoms with Crippen LogP contribution in [0.25, 0.3) is 0 Å². The first-order chi connectivity index (χ1) is 8.02. The molecule has 1 rings (SSSR count). The molecule has 0 bridgehead atoms. The van der Waals surface area contributed by atoms with Crippen molar-refractivity contribution >= 4 is 11.6 Å². The number of benzene rings is 1. The van der Waals surface area contributed by atoms with E-state index in [2.05, 4.69) is 10.1 Å². The lowest BCUT2D eigenvalue weighted by molar-refractivity contribution is -0.111. The van der Waals surface area contributed by atoms with E-state index in [4.69, 9.17) is 0 Å². The summed E-state index contributed by atoms with van der Waals surface area (Å²) in [6.45, 7) is -1.44. The first kappa shape index (κ1) is 13.1. The molecule has 0 radical (unpaired) electrons. The second-order valence-corrected chi connectivity index (χ2v) is 3.01. The van der Waals surface area contributed by atoms with Gasteiger partial charge >= 0.3 is 6.61 Å². The third-order valence-electron chi connectivity index (χ3n) is 1.73. The molecular weight excluding hydrogens is 235 g/mol. The summed E-state index contributed by atoms with van der Waals surface area (Å²) in [4.78, 5) is 11.1. The second-order valence-electron chi connectivity index (χ2n) is 3.01. The lowest BCUT2D eigenvalue weighted by Gasteiger charge is -2.07. The van der Waals surface area contributed by atoms with Crippen molar-refractivity contribution in [2.45, 2.75) is 13.5 Å². The zero-order chi connectivity index (χ0) is 12.8. The smallest absolute Gasteiger partial charge is 0.387 e. The third kappa shape index (κ3) is 4.18. The Bertz CT molecular complexity index is 433. The Balaban J connectivity index is 2.78. The number of carbonyl (C=O) groups is 1. The SMILES string of the molecule is CC=CC(=O)Nc1ccc(OC(F)F)c(F)c1.